The Kier molecular flexibility index (Phi) is 6.96. The van der Waals surface area contributed by atoms with E-state index in [1.165, 1.54) is 5.56 Å². The summed E-state index contributed by atoms with van der Waals surface area (Å²) in [6.07, 6.45) is 3.76. The number of aryl methyl sites for hydroxylation is 1. The third-order valence-corrected chi connectivity index (χ3v) is 4.31. The summed E-state index contributed by atoms with van der Waals surface area (Å²) >= 11 is 0. The number of hydrogen-bond donors (Lipinski definition) is 1. The molecule has 0 aliphatic heterocycles. The highest BCUT2D eigenvalue weighted by atomic mass is 16.5. The van der Waals surface area contributed by atoms with Crippen LogP contribution in [0.1, 0.15) is 43.9 Å². The molecule has 2 aromatic rings. The Balaban J connectivity index is 2.27. The van der Waals surface area contributed by atoms with Gasteiger partial charge in [-0.25, -0.2) is 4.79 Å². The first-order valence-electron chi connectivity index (χ1n) is 8.71. The van der Waals surface area contributed by atoms with E-state index >= 15 is 0 Å². The highest BCUT2D eigenvalue weighted by Crippen LogP contribution is 2.25. The molecule has 0 bridgehead atoms. The van der Waals surface area contributed by atoms with Crippen LogP contribution in [0.3, 0.4) is 0 Å². The van der Waals surface area contributed by atoms with Crippen molar-refractivity contribution in [3.8, 4) is 11.1 Å². The molecular weight excluding hydrogens is 312 g/mol. The Labute approximate surface area is 150 Å². The van der Waals surface area contributed by atoms with E-state index in [-0.39, 0.29) is 19.2 Å². The van der Waals surface area contributed by atoms with Crippen LogP contribution in [0.15, 0.2) is 54.1 Å². The van der Waals surface area contributed by atoms with Gasteiger partial charge in [-0.05, 0) is 54.2 Å². The monoisotopic (exact) mass is 338 g/mol. The average Bonchev–Trinajstić information content (AvgIpc) is 2.66. The number of aliphatic hydroxyl groups is 1. The summed E-state index contributed by atoms with van der Waals surface area (Å²) in [5, 5.41) is 9.17. The molecule has 3 nitrogen and oxygen atoms in total. The minimum atomic E-state index is -0.275. The summed E-state index contributed by atoms with van der Waals surface area (Å²) in [7, 11) is 0. The van der Waals surface area contributed by atoms with E-state index in [9.17, 15) is 9.90 Å². The molecule has 132 valence electrons. The lowest BCUT2D eigenvalue weighted by Crippen LogP contribution is -2.07. The highest BCUT2D eigenvalue weighted by molar-refractivity contribution is 5.87. The molecule has 0 atom stereocenters. The van der Waals surface area contributed by atoms with Crippen LogP contribution in [0.2, 0.25) is 0 Å². The zero-order valence-corrected chi connectivity index (χ0v) is 15.2. The molecule has 1 N–H and O–H groups in total. The zero-order valence-electron chi connectivity index (χ0n) is 15.2. The lowest BCUT2D eigenvalue weighted by molar-refractivity contribution is -0.140. The first kappa shape index (κ1) is 18.9. The third-order valence-electron chi connectivity index (χ3n) is 4.31. The number of aliphatic hydroxyl groups excluding tert-OH is 1. The van der Waals surface area contributed by atoms with Gasteiger partial charge in [0.1, 0.15) is 6.61 Å². The molecule has 0 aromatic heterocycles. The van der Waals surface area contributed by atoms with E-state index in [1.807, 2.05) is 31.2 Å². The van der Waals surface area contributed by atoms with Crippen molar-refractivity contribution in [2.24, 2.45) is 0 Å². The fourth-order valence-corrected chi connectivity index (χ4v) is 2.63. The third kappa shape index (κ3) is 5.04. The van der Waals surface area contributed by atoms with E-state index < -0.39 is 0 Å². The van der Waals surface area contributed by atoms with Crippen LogP contribution in [0.25, 0.3) is 11.1 Å². The quantitative estimate of drug-likeness (QED) is 0.582. The van der Waals surface area contributed by atoms with E-state index in [2.05, 4.69) is 25.1 Å². The van der Waals surface area contributed by atoms with Crippen molar-refractivity contribution in [3.63, 3.8) is 0 Å². The van der Waals surface area contributed by atoms with Crippen molar-refractivity contribution >= 4 is 5.97 Å². The van der Waals surface area contributed by atoms with Gasteiger partial charge in [-0.15, -0.1) is 0 Å². The molecule has 2 aromatic carbocycles. The van der Waals surface area contributed by atoms with Crippen LogP contribution < -0.4 is 0 Å². The van der Waals surface area contributed by atoms with E-state index in [0.29, 0.717) is 5.57 Å². The fraction of sp³-hybridized carbons (Fsp3) is 0.318. The predicted octanol–water partition coefficient (Wildman–Crippen LogP) is 4.81. The SMILES string of the molecule is C/C=C(\C)C(=O)OCc1cc(-c2ccc(CO)cc2)ccc1CCC. The van der Waals surface area contributed by atoms with Crippen molar-refractivity contribution in [1.29, 1.82) is 0 Å². The minimum absolute atomic E-state index is 0.0429. The Morgan fingerprint density at radius 2 is 1.76 bits per heavy atom. The van der Waals surface area contributed by atoms with Gasteiger partial charge >= 0.3 is 5.97 Å². The van der Waals surface area contributed by atoms with Gasteiger partial charge in [0.05, 0.1) is 6.61 Å². The lowest BCUT2D eigenvalue weighted by Gasteiger charge is -2.13. The van der Waals surface area contributed by atoms with Crippen LogP contribution in [0.4, 0.5) is 0 Å². The Morgan fingerprint density at radius 1 is 1.08 bits per heavy atom. The van der Waals surface area contributed by atoms with Crippen molar-refractivity contribution in [2.45, 2.75) is 46.8 Å². The molecule has 0 heterocycles. The second-order valence-electron chi connectivity index (χ2n) is 6.14. The topological polar surface area (TPSA) is 46.5 Å². The van der Waals surface area contributed by atoms with Crippen LogP contribution in [0, 0.1) is 0 Å². The van der Waals surface area contributed by atoms with Gasteiger partial charge in [0, 0.05) is 5.57 Å². The van der Waals surface area contributed by atoms with Crippen LogP contribution in [0.5, 0.6) is 0 Å². The standard InChI is InChI=1S/C22H26O3/c1-4-6-18-11-12-20(19-9-7-17(14-23)8-10-19)13-21(18)15-25-22(24)16(3)5-2/h5,7-13,23H,4,6,14-15H2,1-3H3/b16-5+. The molecule has 0 aliphatic carbocycles. The maximum atomic E-state index is 11.9. The minimum Gasteiger partial charge on any atom is -0.457 e. The van der Waals surface area contributed by atoms with Crippen molar-refractivity contribution in [2.75, 3.05) is 0 Å². The molecule has 0 saturated heterocycles. The first-order valence-corrected chi connectivity index (χ1v) is 8.71. The molecule has 0 spiro atoms. The average molecular weight is 338 g/mol. The van der Waals surface area contributed by atoms with Crippen molar-refractivity contribution in [3.05, 3.63) is 70.8 Å². The molecule has 2 rings (SSSR count). The smallest absolute Gasteiger partial charge is 0.333 e. The van der Waals surface area contributed by atoms with Crippen LogP contribution in [-0.2, 0) is 29.2 Å². The first-order chi connectivity index (χ1) is 12.1. The van der Waals surface area contributed by atoms with Gasteiger partial charge in [-0.1, -0.05) is 55.8 Å². The number of benzene rings is 2. The maximum Gasteiger partial charge on any atom is 0.333 e. The number of rotatable bonds is 7. The van der Waals surface area contributed by atoms with E-state index in [4.69, 9.17) is 4.74 Å². The van der Waals surface area contributed by atoms with Gasteiger partial charge in [0.2, 0.25) is 0 Å². The summed E-state index contributed by atoms with van der Waals surface area (Å²) in [6, 6.07) is 14.2. The van der Waals surface area contributed by atoms with Gasteiger partial charge in [-0.2, -0.15) is 0 Å². The summed E-state index contributed by atoms with van der Waals surface area (Å²) in [5.41, 5.74) is 5.93. The molecule has 3 heteroatoms. The summed E-state index contributed by atoms with van der Waals surface area (Å²) in [4.78, 5) is 11.9. The van der Waals surface area contributed by atoms with E-state index in [0.717, 1.165) is 35.1 Å². The molecule has 0 amide bonds. The Bertz CT molecular complexity index is 742. The Morgan fingerprint density at radius 3 is 2.36 bits per heavy atom. The molecule has 0 radical (unpaired) electrons. The van der Waals surface area contributed by atoms with Gasteiger partial charge in [0.25, 0.3) is 0 Å². The maximum absolute atomic E-state index is 11.9. The number of esters is 1. The number of carbonyl (C=O) groups excluding carboxylic acids is 1. The zero-order chi connectivity index (χ0) is 18.2. The normalized spacial score (nSPS) is 11.4. The molecule has 0 aliphatic rings. The molecule has 0 fully saturated rings. The molecule has 25 heavy (non-hydrogen) atoms. The summed E-state index contributed by atoms with van der Waals surface area (Å²) in [6.45, 7) is 6.05. The van der Waals surface area contributed by atoms with E-state index in [1.54, 1.807) is 13.0 Å². The number of carbonyl (C=O) groups is 1. The Hall–Kier alpha value is -2.39. The lowest BCUT2D eigenvalue weighted by atomic mass is 9.96. The molecule has 0 unspecified atom stereocenters. The number of allylic oxidation sites excluding steroid dienone is 1. The van der Waals surface area contributed by atoms with Crippen molar-refractivity contribution < 1.29 is 14.6 Å². The molecule has 0 saturated carbocycles. The number of hydrogen-bond acceptors (Lipinski definition) is 3. The van der Waals surface area contributed by atoms with Gasteiger partial charge in [0.15, 0.2) is 0 Å². The number of ether oxygens (including phenoxy) is 1. The second kappa shape index (κ2) is 9.19. The summed E-state index contributed by atoms with van der Waals surface area (Å²) < 4.78 is 5.45. The van der Waals surface area contributed by atoms with Gasteiger partial charge < -0.3 is 9.84 Å². The van der Waals surface area contributed by atoms with Crippen LogP contribution in [-0.4, -0.2) is 11.1 Å². The highest BCUT2D eigenvalue weighted by Gasteiger charge is 2.10. The fourth-order valence-electron chi connectivity index (χ4n) is 2.63. The van der Waals surface area contributed by atoms with Crippen LogP contribution >= 0.6 is 0 Å². The molecular formula is C22H26O3. The summed E-state index contributed by atoms with van der Waals surface area (Å²) in [5.74, 6) is -0.275. The largest absolute Gasteiger partial charge is 0.457 e. The predicted molar refractivity (Wildman–Crippen MR) is 101 cm³/mol. The second-order valence-corrected chi connectivity index (χ2v) is 6.14. The van der Waals surface area contributed by atoms with Gasteiger partial charge in [-0.3, -0.25) is 0 Å². The van der Waals surface area contributed by atoms with Crippen molar-refractivity contribution in [1.82, 2.24) is 0 Å².